The van der Waals surface area contributed by atoms with Crippen LogP contribution < -0.4 is 11.1 Å². The van der Waals surface area contributed by atoms with E-state index in [1.165, 1.54) is 29.5 Å². The zero-order valence-electron chi connectivity index (χ0n) is 10.2. The van der Waals surface area contributed by atoms with Gasteiger partial charge in [-0.25, -0.2) is 4.39 Å². The average Bonchev–Trinajstić information content (AvgIpc) is 2.83. The van der Waals surface area contributed by atoms with Gasteiger partial charge in [0.2, 0.25) is 0 Å². The Labute approximate surface area is 124 Å². The third-order valence-electron chi connectivity index (χ3n) is 2.30. The van der Waals surface area contributed by atoms with Crippen LogP contribution in [0.3, 0.4) is 0 Å². The average molecular weight is 309 g/mol. The summed E-state index contributed by atoms with van der Waals surface area (Å²) < 4.78 is 13.2. The van der Waals surface area contributed by atoms with Crippen LogP contribution in [0.25, 0.3) is 0 Å². The molecule has 0 spiro atoms. The number of thiophene rings is 1. The van der Waals surface area contributed by atoms with Crippen molar-refractivity contribution in [3.8, 4) is 11.8 Å². The first kappa shape index (κ1) is 14.5. The minimum atomic E-state index is -0.507. The summed E-state index contributed by atoms with van der Waals surface area (Å²) >= 11 is 7.07. The van der Waals surface area contributed by atoms with Gasteiger partial charge in [0.25, 0.3) is 5.91 Å². The van der Waals surface area contributed by atoms with Gasteiger partial charge in [0.1, 0.15) is 5.82 Å². The van der Waals surface area contributed by atoms with E-state index in [-0.39, 0.29) is 17.5 Å². The highest BCUT2D eigenvalue weighted by Gasteiger charge is 2.09. The standard InChI is InChI=1S/C14H10ClFN2OS/c15-10-5-11(16)7-12(6-10)18-14(19)9-4-13(20-8-9)2-1-3-17/h4-8H,3,17H2,(H,18,19). The van der Waals surface area contributed by atoms with E-state index in [1.807, 2.05) is 0 Å². The summed E-state index contributed by atoms with van der Waals surface area (Å²) in [7, 11) is 0. The van der Waals surface area contributed by atoms with Crippen molar-refractivity contribution < 1.29 is 9.18 Å². The smallest absolute Gasteiger partial charge is 0.256 e. The lowest BCUT2D eigenvalue weighted by Crippen LogP contribution is -2.10. The van der Waals surface area contributed by atoms with Gasteiger partial charge >= 0.3 is 0 Å². The molecule has 0 radical (unpaired) electrons. The summed E-state index contributed by atoms with van der Waals surface area (Å²) in [5, 5.41) is 4.48. The van der Waals surface area contributed by atoms with Gasteiger partial charge in [-0.3, -0.25) is 4.79 Å². The molecule has 20 heavy (non-hydrogen) atoms. The molecule has 2 aromatic rings. The number of nitrogens with one attached hydrogen (secondary N) is 1. The quantitative estimate of drug-likeness (QED) is 0.838. The number of rotatable bonds is 2. The number of nitrogens with two attached hydrogens (primary N) is 1. The third-order valence-corrected chi connectivity index (χ3v) is 3.36. The molecular weight excluding hydrogens is 299 g/mol. The highest BCUT2D eigenvalue weighted by molar-refractivity contribution is 7.10. The summed E-state index contributed by atoms with van der Waals surface area (Å²) in [5.74, 6) is 4.70. The van der Waals surface area contributed by atoms with Gasteiger partial charge in [-0.15, -0.1) is 11.3 Å². The predicted molar refractivity (Wildman–Crippen MR) is 79.6 cm³/mol. The van der Waals surface area contributed by atoms with Crippen molar-refractivity contribution in [1.29, 1.82) is 0 Å². The Morgan fingerprint density at radius 3 is 2.90 bits per heavy atom. The number of carbonyl (C=O) groups excluding carboxylic acids is 1. The number of benzene rings is 1. The van der Waals surface area contributed by atoms with Gasteiger partial charge in [0.15, 0.2) is 0 Å². The van der Waals surface area contributed by atoms with Crippen LogP contribution in [0.1, 0.15) is 15.2 Å². The zero-order chi connectivity index (χ0) is 14.5. The van der Waals surface area contributed by atoms with Gasteiger partial charge in [-0.1, -0.05) is 23.4 Å². The molecule has 1 aromatic heterocycles. The molecule has 3 nitrogen and oxygen atoms in total. The minimum Gasteiger partial charge on any atom is -0.322 e. The van der Waals surface area contributed by atoms with Crippen molar-refractivity contribution in [1.82, 2.24) is 0 Å². The van der Waals surface area contributed by atoms with Crippen LogP contribution in [0.2, 0.25) is 5.02 Å². The molecular formula is C14H10ClFN2OS. The number of anilines is 1. The maximum absolute atomic E-state index is 13.2. The van der Waals surface area contributed by atoms with Crippen LogP contribution in [0, 0.1) is 17.7 Å². The third kappa shape index (κ3) is 3.81. The molecule has 3 N–H and O–H groups in total. The Kier molecular flexibility index (Phi) is 4.74. The lowest BCUT2D eigenvalue weighted by Gasteiger charge is -2.04. The van der Waals surface area contributed by atoms with E-state index in [0.717, 1.165) is 4.88 Å². The van der Waals surface area contributed by atoms with Crippen molar-refractivity contribution in [3.63, 3.8) is 0 Å². The van der Waals surface area contributed by atoms with E-state index in [1.54, 1.807) is 11.4 Å². The van der Waals surface area contributed by atoms with E-state index in [4.69, 9.17) is 17.3 Å². The fourth-order valence-corrected chi connectivity index (χ4v) is 2.47. The molecule has 0 aliphatic rings. The first-order chi connectivity index (χ1) is 9.58. The molecule has 0 aliphatic heterocycles. The lowest BCUT2D eigenvalue weighted by molar-refractivity contribution is 0.102. The van der Waals surface area contributed by atoms with Crippen LogP contribution in [0.15, 0.2) is 29.6 Å². The van der Waals surface area contributed by atoms with Crippen LogP contribution in [-0.4, -0.2) is 12.5 Å². The van der Waals surface area contributed by atoms with Gasteiger partial charge in [-0.2, -0.15) is 0 Å². The van der Waals surface area contributed by atoms with Crippen LogP contribution in [-0.2, 0) is 0 Å². The van der Waals surface area contributed by atoms with Crippen LogP contribution in [0.5, 0.6) is 0 Å². The Balaban J connectivity index is 2.13. The van der Waals surface area contributed by atoms with E-state index in [0.29, 0.717) is 11.3 Å². The highest BCUT2D eigenvalue weighted by Crippen LogP contribution is 2.20. The minimum absolute atomic E-state index is 0.222. The first-order valence-corrected chi connectivity index (χ1v) is 6.89. The molecule has 0 aliphatic carbocycles. The van der Waals surface area contributed by atoms with E-state index in [2.05, 4.69) is 17.2 Å². The Morgan fingerprint density at radius 2 is 2.20 bits per heavy atom. The molecule has 0 bridgehead atoms. The SMILES string of the molecule is NCC#Cc1cc(C(=O)Nc2cc(F)cc(Cl)c2)cs1. The topological polar surface area (TPSA) is 55.1 Å². The van der Waals surface area contributed by atoms with Crippen molar-refractivity contribution in [2.75, 3.05) is 11.9 Å². The predicted octanol–water partition coefficient (Wildman–Crippen LogP) is 3.10. The number of hydrogen-bond acceptors (Lipinski definition) is 3. The zero-order valence-corrected chi connectivity index (χ0v) is 11.8. The fourth-order valence-electron chi connectivity index (χ4n) is 1.49. The second-order valence-electron chi connectivity index (χ2n) is 3.82. The van der Waals surface area contributed by atoms with Gasteiger partial charge in [-0.05, 0) is 24.3 Å². The van der Waals surface area contributed by atoms with Crippen LogP contribution >= 0.6 is 22.9 Å². The van der Waals surface area contributed by atoms with Crippen LogP contribution in [0.4, 0.5) is 10.1 Å². The second-order valence-corrected chi connectivity index (χ2v) is 5.17. The Hall–Kier alpha value is -1.87. The maximum atomic E-state index is 13.2. The molecule has 1 aromatic carbocycles. The largest absolute Gasteiger partial charge is 0.322 e. The summed E-state index contributed by atoms with van der Waals surface area (Å²) in [6.07, 6.45) is 0. The Bertz CT molecular complexity index is 682. The molecule has 0 atom stereocenters. The van der Waals surface area contributed by atoms with Gasteiger partial charge in [0.05, 0.1) is 17.0 Å². The lowest BCUT2D eigenvalue weighted by atomic mass is 10.2. The van der Waals surface area contributed by atoms with Crippen molar-refractivity contribution in [2.24, 2.45) is 5.73 Å². The summed E-state index contributed by atoms with van der Waals surface area (Å²) in [6.45, 7) is 0.265. The van der Waals surface area contributed by atoms with Crippen molar-refractivity contribution in [3.05, 3.63) is 50.9 Å². The first-order valence-electron chi connectivity index (χ1n) is 5.63. The van der Waals surface area contributed by atoms with Crippen molar-refractivity contribution in [2.45, 2.75) is 0 Å². The molecule has 0 saturated heterocycles. The normalized spacial score (nSPS) is 9.75. The van der Waals surface area contributed by atoms with Gasteiger partial charge < -0.3 is 11.1 Å². The molecule has 0 fully saturated rings. The van der Waals surface area contributed by atoms with Crippen molar-refractivity contribution >= 4 is 34.5 Å². The number of halogens is 2. The second kappa shape index (κ2) is 6.53. The molecule has 102 valence electrons. The summed E-state index contributed by atoms with van der Waals surface area (Å²) in [5.41, 5.74) is 6.04. The van der Waals surface area contributed by atoms with Gasteiger partial charge in [0, 0.05) is 16.1 Å². The van der Waals surface area contributed by atoms with E-state index in [9.17, 15) is 9.18 Å². The number of hydrogen-bond donors (Lipinski definition) is 2. The maximum Gasteiger partial charge on any atom is 0.256 e. The molecule has 1 amide bonds. The molecule has 6 heteroatoms. The highest BCUT2D eigenvalue weighted by atomic mass is 35.5. The number of amides is 1. The molecule has 2 rings (SSSR count). The van der Waals surface area contributed by atoms with E-state index < -0.39 is 5.82 Å². The molecule has 0 unspecified atom stereocenters. The molecule has 1 heterocycles. The summed E-state index contributed by atoms with van der Waals surface area (Å²) in [6, 6.07) is 5.50. The number of carbonyl (C=O) groups is 1. The fraction of sp³-hybridized carbons (Fsp3) is 0.0714. The monoisotopic (exact) mass is 308 g/mol. The Morgan fingerprint density at radius 1 is 1.40 bits per heavy atom. The summed E-state index contributed by atoms with van der Waals surface area (Å²) in [4.78, 5) is 12.7. The van der Waals surface area contributed by atoms with E-state index >= 15 is 0 Å². The molecule has 0 saturated carbocycles.